The minimum Gasteiger partial charge on any atom is -0.482 e. The molecule has 0 saturated carbocycles. The van der Waals surface area contributed by atoms with Gasteiger partial charge < -0.3 is 14.8 Å². The molecule has 0 bridgehead atoms. The second-order valence-electron chi connectivity index (χ2n) is 5.25. The molecule has 0 aliphatic heterocycles. The Morgan fingerprint density at radius 1 is 1.00 bits per heavy atom. The fourth-order valence-electron chi connectivity index (χ4n) is 1.86. The smallest absolute Gasteiger partial charge is 0.344 e. The zero-order valence-corrected chi connectivity index (χ0v) is 14.2. The molecule has 0 heterocycles. The molecule has 2 aromatic carbocycles. The lowest BCUT2D eigenvalue weighted by Gasteiger charge is -2.09. The van der Waals surface area contributed by atoms with E-state index in [1.165, 1.54) is 0 Å². The maximum absolute atomic E-state index is 11.7. The van der Waals surface area contributed by atoms with Crippen LogP contribution in [-0.2, 0) is 14.3 Å². The number of amides is 1. The van der Waals surface area contributed by atoms with Crippen molar-refractivity contribution in [3.05, 3.63) is 58.6 Å². The van der Waals surface area contributed by atoms with Crippen LogP contribution in [0.15, 0.2) is 42.5 Å². The Labute approximate surface area is 145 Å². The van der Waals surface area contributed by atoms with E-state index in [4.69, 9.17) is 21.1 Å². The molecular formula is C18H18ClNO4. The Bertz CT molecular complexity index is 728. The van der Waals surface area contributed by atoms with Crippen molar-refractivity contribution in [3.8, 4) is 5.75 Å². The molecule has 0 aliphatic rings. The van der Waals surface area contributed by atoms with Crippen LogP contribution in [0.5, 0.6) is 5.75 Å². The largest absolute Gasteiger partial charge is 0.482 e. The number of rotatable bonds is 6. The van der Waals surface area contributed by atoms with Crippen LogP contribution in [0.3, 0.4) is 0 Å². The number of aryl methyl sites for hydroxylation is 2. The van der Waals surface area contributed by atoms with Gasteiger partial charge in [-0.1, -0.05) is 17.7 Å². The van der Waals surface area contributed by atoms with E-state index >= 15 is 0 Å². The van der Waals surface area contributed by atoms with Crippen LogP contribution >= 0.6 is 11.6 Å². The Morgan fingerprint density at radius 2 is 1.71 bits per heavy atom. The SMILES string of the molecule is Cc1ccc(OCC(=O)OCC(=O)Nc2ccc(Cl)cc2)cc1C. The first-order chi connectivity index (χ1) is 11.4. The van der Waals surface area contributed by atoms with E-state index in [9.17, 15) is 9.59 Å². The number of carbonyl (C=O) groups is 2. The van der Waals surface area contributed by atoms with E-state index in [1.54, 1.807) is 30.3 Å². The Balaban J connectivity index is 1.73. The molecule has 0 unspecified atom stereocenters. The topological polar surface area (TPSA) is 64.6 Å². The van der Waals surface area contributed by atoms with Crippen molar-refractivity contribution in [2.45, 2.75) is 13.8 Å². The van der Waals surface area contributed by atoms with Gasteiger partial charge in [0.15, 0.2) is 13.2 Å². The number of carbonyl (C=O) groups excluding carboxylic acids is 2. The highest BCUT2D eigenvalue weighted by molar-refractivity contribution is 6.30. The lowest BCUT2D eigenvalue weighted by Crippen LogP contribution is -2.23. The van der Waals surface area contributed by atoms with Crippen LogP contribution in [0.25, 0.3) is 0 Å². The summed E-state index contributed by atoms with van der Waals surface area (Å²) < 4.78 is 10.2. The molecule has 0 atom stereocenters. The highest BCUT2D eigenvalue weighted by Gasteiger charge is 2.09. The summed E-state index contributed by atoms with van der Waals surface area (Å²) in [6.45, 7) is 3.32. The molecule has 0 fully saturated rings. The number of halogens is 1. The van der Waals surface area contributed by atoms with E-state index < -0.39 is 11.9 Å². The Hall–Kier alpha value is -2.53. The van der Waals surface area contributed by atoms with Gasteiger partial charge in [0.2, 0.25) is 0 Å². The lowest BCUT2D eigenvalue weighted by molar-refractivity contribution is -0.149. The van der Waals surface area contributed by atoms with Gasteiger partial charge in [0.1, 0.15) is 5.75 Å². The Morgan fingerprint density at radius 3 is 2.38 bits per heavy atom. The second kappa shape index (κ2) is 8.36. The first kappa shape index (κ1) is 17.8. The minimum absolute atomic E-state index is 0.253. The number of benzene rings is 2. The van der Waals surface area contributed by atoms with Gasteiger partial charge in [-0.2, -0.15) is 0 Å². The van der Waals surface area contributed by atoms with E-state index in [0.29, 0.717) is 16.5 Å². The van der Waals surface area contributed by atoms with Gasteiger partial charge in [-0.05, 0) is 61.4 Å². The summed E-state index contributed by atoms with van der Waals surface area (Å²) in [6, 6.07) is 12.2. The summed E-state index contributed by atoms with van der Waals surface area (Å²) >= 11 is 5.76. The molecule has 0 spiro atoms. The third kappa shape index (κ3) is 5.59. The van der Waals surface area contributed by atoms with Gasteiger partial charge in [0.25, 0.3) is 5.91 Å². The van der Waals surface area contributed by atoms with Crippen molar-refractivity contribution in [1.29, 1.82) is 0 Å². The fourth-order valence-corrected chi connectivity index (χ4v) is 1.99. The molecule has 126 valence electrons. The van der Waals surface area contributed by atoms with E-state index in [-0.39, 0.29) is 13.2 Å². The van der Waals surface area contributed by atoms with Gasteiger partial charge in [-0.3, -0.25) is 4.79 Å². The number of anilines is 1. The molecule has 6 heteroatoms. The summed E-state index contributed by atoms with van der Waals surface area (Å²) in [7, 11) is 0. The van der Waals surface area contributed by atoms with Gasteiger partial charge in [0, 0.05) is 10.7 Å². The average Bonchev–Trinajstić information content (AvgIpc) is 2.56. The lowest BCUT2D eigenvalue weighted by atomic mass is 10.1. The molecule has 0 aromatic heterocycles. The zero-order chi connectivity index (χ0) is 17.5. The molecule has 2 aromatic rings. The highest BCUT2D eigenvalue weighted by Crippen LogP contribution is 2.16. The Kier molecular flexibility index (Phi) is 6.21. The third-order valence-corrected chi connectivity index (χ3v) is 3.58. The van der Waals surface area contributed by atoms with Gasteiger partial charge in [-0.15, -0.1) is 0 Å². The van der Waals surface area contributed by atoms with E-state index in [0.717, 1.165) is 11.1 Å². The third-order valence-electron chi connectivity index (χ3n) is 3.33. The number of nitrogens with one attached hydrogen (secondary N) is 1. The minimum atomic E-state index is -0.612. The summed E-state index contributed by atoms with van der Waals surface area (Å²) in [5.41, 5.74) is 2.79. The summed E-state index contributed by atoms with van der Waals surface area (Å²) in [4.78, 5) is 23.3. The number of hydrogen-bond donors (Lipinski definition) is 1. The van der Waals surface area contributed by atoms with Crippen molar-refractivity contribution in [3.63, 3.8) is 0 Å². The van der Waals surface area contributed by atoms with Crippen LogP contribution in [0, 0.1) is 13.8 Å². The summed E-state index contributed by atoms with van der Waals surface area (Å²) in [6.07, 6.45) is 0. The molecule has 24 heavy (non-hydrogen) atoms. The van der Waals surface area contributed by atoms with E-state index in [2.05, 4.69) is 5.32 Å². The van der Waals surface area contributed by atoms with Crippen LogP contribution < -0.4 is 10.1 Å². The van der Waals surface area contributed by atoms with E-state index in [1.807, 2.05) is 26.0 Å². The predicted molar refractivity (Wildman–Crippen MR) is 92.5 cm³/mol. The zero-order valence-electron chi connectivity index (χ0n) is 13.5. The molecule has 0 radical (unpaired) electrons. The first-order valence-electron chi connectivity index (χ1n) is 7.35. The molecule has 1 amide bonds. The monoisotopic (exact) mass is 347 g/mol. The molecule has 0 aliphatic carbocycles. The average molecular weight is 348 g/mol. The fraction of sp³-hybridized carbons (Fsp3) is 0.222. The number of hydrogen-bond acceptors (Lipinski definition) is 4. The normalized spacial score (nSPS) is 10.1. The molecular weight excluding hydrogens is 330 g/mol. The summed E-state index contributed by atoms with van der Waals surface area (Å²) in [5.74, 6) is -0.461. The summed E-state index contributed by atoms with van der Waals surface area (Å²) in [5, 5.41) is 3.17. The van der Waals surface area contributed by atoms with Gasteiger partial charge in [-0.25, -0.2) is 4.79 Å². The van der Waals surface area contributed by atoms with Crippen LogP contribution in [0.4, 0.5) is 5.69 Å². The van der Waals surface area contributed by atoms with Crippen LogP contribution in [0.1, 0.15) is 11.1 Å². The predicted octanol–water partition coefficient (Wildman–Crippen LogP) is 3.52. The van der Waals surface area contributed by atoms with Crippen molar-refractivity contribution >= 4 is 29.2 Å². The van der Waals surface area contributed by atoms with Crippen molar-refractivity contribution < 1.29 is 19.1 Å². The molecule has 2 rings (SSSR count). The second-order valence-corrected chi connectivity index (χ2v) is 5.69. The molecule has 5 nitrogen and oxygen atoms in total. The first-order valence-corrected chi connectivity index (χ1v) is 7.73. The number of esters is 1. The highest BCUT2D eigenvalue weighted by atomic mass is 35.5. The van der Waals surface area contributed by atoms with Crippen molar-refractivity contribution in [1.82, 2.24) is 0 Å². The number of ether oxygens (including phenoxy) is 2. The van der Waals surface area contributed by atoms with Crippen molar-refractivity contribution in [2.75, 3.05) is 18.5 Å². The van der Waals surface area contributed by atoms with Crippen LogP contribution in [-0.4, -0.2) is 25.1 Å². The molecule has 0 saturated heterocycles. The maximum Gasteiger partial charge on any atom is 0.344 e. The standard InChI is InChI=1S/C18H18ClNO4/c1-12-3-8-16(9-13(12)2)23-11-18(22)24-10-17(21)20-15-6-4-14(19)5-7-15/h3-9H,10-11H2,1-2H3,(H,20,21). The quantitative estimate of drug-likeness (QED) is 0.812. The van der Waals surface area contributed by atoms with Crippen molar-refractivity contribution in [2.24, 2.45) is 0 Å². The van der Waals surface area contributed by atoms with Gasteiger partial charge in [0.05, 0.1) is 0 Å². The van der Waals surface area contributed by atoms with Crippen LogP contribution in [0.2, 0.25) is 5.02 Å². The van der Waals surface area contributed by atoms with Gasteiger partial charge >= 0.3 is 5.97 Å². The molecule has 1 N–H and O–H groups in total. The maximum atomic E-state index is 11.7.